The van der Waals surface area contributed by atoms with Gasteiger partial charge in [0, 0.05) is 12.2 Å². The molecule has 0 bridgehead atoms. The normalized spacial score (nSPS) is 12.0. The Morgan fingerprint density at radius 1 is 1.14 bits per heavy atom. The van der Waals surface area contributed by atoms with Gasteiger partial charge in [-0.05, 0) is 29.8 Å². The number of nitrogens with one attached hydrogen (secondary N) is 1. The molecule has 2 aromatic rings. The van der Waals surface area contributed by atoms with Crippen molar-refractivity contribution in [2.75, 3.05) is 12.3 Å². The fourth-order valence-corrected chi connectivity index (χ4v) is 2.40. The van der Waals surface area contributed by atoms with Crippen LogP contribution in [0.1, 0.15) is 22.0 Å². The third-order valence-corrected chi connectivity index (χ3v) is 3.60. The fraction of sp³-hybridized carbons (Fsp3) is 0.133. The summed E-state index contributed by atoms with van der Waals surface area (Å²) in [6.07, 6.45) is -0.837. The lowest BCUT2D eigenvalue weighted by Crippen LogP contribution is -2.28. The molecule has 1 unspecified atom stereocenters. The van der Waals surface area contributed by atoms with E-state index in [1.165, 1.54) is 0 Å². The molecule has 0 heterocycles. The molecule has 4 N–H and O–H groups in total. The van der Waals surface area contributed by atoms with Crippen LogP contribution < -0.4 is 11.1 Å². The van der Waals surface area contributed by atoms with Crippen LogP contribution in [0, 0.1) is 0 Å². The van der Waals surface area contributed by atoms with Crippen LogP contribution in [0.4, 0.5) is 5.69 Å². The van der Waals surface area contributed by atoms with Crippen LogP contribution in [0.3, 0.4) is 0 Å². The average Bonchev–Trinajstić information content (AvgIpc) is 2.45. The molecule has 21 heavy (non-hydrogen) atoms. The molecule has 0 saturated carbocycles. The Hall–Kier alpha value is -1.75. The number of hydrogen-bond acceptors (Lipinski definition) is 3. The molecule has 1 amide bonds. The second-order valence-corrected chi connectivity index (χ2v) is 5.30. The summed E-state index contributed by atoms with van der Waals surface area (Å²) in [7, 11) is 0. The number of rotatable bonds is 4. The molecule has 2 aromatic carbocycles. The molecular formula is C15H14Cl2N2O2. The average molecular weight is 325 g/mol. The quantitative estimate of drug-likeness (QED) is 0.756. The highest BCUT2D eigenvalue weighted by Crippen LogP contribution is 2.24. The van der Waals surface area contributed by atoms with Gasteiger partial charge in [-0.25, -0.2) is 0 Å². The van der Waals surface area contributed by atoms with E-state index in [2.05, 4.69) is 5.32 Å². The Bertz CT molecular complexity index is 624. The van der Waals surface area contributed by atoms with Gasteiger partial charge in [0.25, 0.3) is 5.91 Å². The standard InChI is InChI=1S/C15H14Cl2N2O2/c16-11-2-1-3-12(17)14(11)15(21)19-8-13(20)9-4-6-10(18)7-5-9/h1-7,13,20H,8,18H2,(H,19,21). The molecule has 2 rings (SSSR count). The van der Waals surface area contributed by atoms with Gasteiger partial charge in [0.1, 0.15) is 0 Å². The minimum atomic E-state index is -0.837. The van der Waals surface area contributed by atoms with Crippen LogP contribution in [-0.2, 0) is 0 Å². The zero-order chi connectivity index (χ0) is 15.4. The lowest BCUT2D eigenvalue weighted by molar-refractivity contribution is 0.0916. The van der Waals surface area contributed by atoms with E-state index < -0.39 is 12.0 Å². The zero-order valence-electron chi connectivity index (χ0n) is 11.0. The van der Waals surface area contributed by atoms with Crippen molar-refractivity contribution < 1.29 is 9.90 Å². The zero-order valence-corrected chi connectivity index (χ0v) is 12.5. The smallest absolute Gasteiger partial charge is 0.254 e. The lowest BCUT2D eigenvalue weighted by Gasteiger charge is -2.13. The number of nitrogens with two attached hydrogens (primary N) is 1. The number of carbonyl (C=O) groups excluding carboxylic acids is 1. The van der Waals surface area contributed by atoms with Crippen molar-refractivity contribution in [2.24, 2.45) is 0 Å². The van der Waals surface area contributed by atoms with E-state index in [0.29, 0.717) is 11.3 Å². The Morgan fingerprint density at radius 2 is 1.71 bits per heavy atom. The van der Waals surface area contributed by atoms with Gasteiger partial charge in [0.2, 0.25) is 0 Å². The maximum atomic E-state index is 12.1. The molecule has 4 nitrogen and oxygen atoms in total. The van der Waals surface area contributed by atoms with Crippen LogP contribution in [0.15, 0.2) is 42.5 Å². The molecule has 0 spiro atoms. The number of aliphatic hydroxyl groups is 1. The van der Waals surface area contributed by atoms with Crippen molar-refractivity contribution in [3.8, 4) is 0 Å². The first-order valence-corrected chi connectivity index (χ1v) is 7.00. The van der Waals surface area contributed by atoms with Crippen molar-refractivity contribution in [2.45, 2.75) is 6.10 Å². The number of nitrogen functional groups attached to an aromatic ring is 1. The van der Waals surface area contributed by atoms with Gasteiger partial charge in [-0.3, -0.25) is 4.79 Å². The molecule has 110 valence electrons. The first kappa shape index (κ1) is 15.6. The van der Waals surface area contributed by atoms with Gasteiger partial charge < -0.3 is 16.2 Å². The van der Waals surface area contributed by atoms with Gasteiger partial charge in [-0.15, -0.1) is 0 Å². The van der Waals surface area contributed by atoms with Gasteiger partial charge in [-0.1, -0.05) is 41.4 Å². The molecular weight excluding hydrogens is 311 g/mol. The Labute approximate surface area is 132 Å². The molecule has 0 fully saturated rings. The molecule has 0 aliphatic heterocycles. The summed E-state index contributed by atoms with van der Waals surface area (Å²) < 4.78 is 0. The minimum absolute atomic E-state index is 0.0459. The molecule has 1 atom stereocenters. The third-order valence-electron chi connectivity index (χ3n) is 2.97. The summed E-state index contributed by atoms with van der Waals surface area (Å²) in [5.41, 5.74) is 7.05. The Kier molecular flexibility index (Phi) is 5.07. The van der Waals surface area contributed by atoms with Gasteiger partial charge in [0.05, 0.1) is 21.7 Å². The van der Waals surface area contributed by atoms with E-state index in [1.54, 1.807) is 42.5 Å². The fourth-order valence-electron chi connectivity index (χ4n) is 1.83. The van der Waals surface area contributed by atoms with Crippen molar-refractivity contribution >= 4 is 34.8 Å². The highest BCUT2D eigenvalue weighted by Gasteiger charge is 2.16. The van der Waals surface area contributed by atoms with Crippen molar-refractivity contribution in [1.29, 1.82) is 0 Å². The first-order chi connectivity index (χ1) is 9.99. The maximum absolute atomic E-state index is 12.1. The van der Waals surface area contributed by atoms with Gasteiger partial charge >= 0.3 is 0 Å². The minimum Gasteiger partial charge on any atom is -0.399 e. The lowest BCUT2D eigenvalue weighted by atomic mass is 10.1. The van der Waals surface area contributed by atoms with Gasteiger partial charge in [-0.2, -0.15) is 0 Å². The predicted molar refractivity (Wildman–Crippen MR) is 84.6 cm³/mol. The molecule has 6 heteroatoms. The first-order valence-electron chi connectivity index (χ1n) is 6.24. The van der Waals surface area contributed by atoms with E-state index in [4.69, 9.17) is 28.9 Å². The molecule has 0 radical (unpaired) electrons. The topological polar surface area (TPSA) is 75.3 Å². The van der Waals surface area contributed by atoms with E-state index in [1.807, 2.05) is 0 Å². The molecule has 0 aromatic heterocycles. The molecule has 0 aliphatic carbocycles. The second-order valence-electron chi connectivity index (χ2n) is 4.49. The van der Waals surface area contributed by atoms with Crippen LogP contribution in [-0.4, -0.2) is 17.6 Å². The number of aliphatic hydroxyl groups excluding tert-OH is 1. The highest BCUT2D eigenvalue weighted by molar-refractivity contribution is 6.39. The van der Waals surface area contributed by atoms with Crippen LogP contribution in [0.25, 0.3) is 0 Å². The number of hydrogen-bond donors (Lipinski definition) is 3. The van der Waals surface area contributed by atoms with Crippen LogP contribution in [0.2, 0.25) is 10.0 Å². The van der Waals surface area contributed by atoms with E-state index in [9.17, 15) is 9.90 Å². The van der Waals surface area contributed by atoms with E-state index in [0.717, 1.165) is 0 Å². The number of anilines is 1. The number of carbonyl (C=O) groups is 1. The third kappa shape index (κ3) is 3.88. The maximum Gasteiger partial charge on any atom is 0.254 e. The highest BCUT2D eigenvalue weighted by atomic mass is 35.5. The van der Waals surface area contributed by atoms with Gasteiger partial charge in [0.15, 0.2) is 0 Å². The molecule has 0 saturated heterocycles. The summed E-state index contributed by atoms with van der Waals surface area (Å²) in [5.74, 6) is -0.430. The van der Waals surface area contributed by atoms with Crippen molar-refractivity contribution in [3.63, 3.8) is 0 Å². The second kappa shape index (κ2) is 6.80. The number of benzene rings is 2. The molecule has 0 aliphatic rings. The number of halogens is 2. The van der Waals surface area contributed by atoms with Crippen LogP contribution >= 0.6 is 23.2 Å². The Morgan fingerprint density at radius 3 is 2.29 bits per heavy atom. The summed E-state index contributed by atoms with van der Waals surface area (Å²) >= 11 is 11.9. The summed E-state index contributed by atoms with van der Waals surface area (Å²) in [5, 5.41) is 13.2. The summed E-state index contributed by atoms with van der Waals surface area (Å²) in [4.78, 5) is 12.1. The van der Waals surface area contributed by atoms with E-state index in [-0.39, 0.29) is 22.2 Å². The summed E-state index contributed by atoms with van der Waals surface area (Å²) in [6.45, 7) is 0.0459. The Balaban J connectivity index is 2.02. The largest absolute Gasteiger partial charge is 0.399 e. The predicted octanol–water partition coefficient (Wildman–Crippen LogP) is 3.04. The SMILES string of the molecule is Nc1ccc(C(O)CNC(=O)c2c(Cl)cccc2Cl)cc1. The van der Waals surface area contributed by atoms with E-state index >= 15 is 0 Å². The van der Waals surface area contributed by atoms with Crippen molar-refractivity contribution in [1.82, 2.24) is 5.32 Å². The monoisotopic (exact) mass is 324 g/mol. The van der Waals surface area contributed by atoms with Crippen LogP contribution in [0.5, 0.6) is 0 Å². The summed E-state index contributed by atoms with van der Waals surface area (Å²) in [6, 6.07) is 11.6. The van der Waals surface area contributed by atoms with Crippen molar-refractivity contribution in [3.05, 3.63) is 63.6 Å². The number of amides is 1.